The van der Waals surface area contributed by atoms with E-state index in [-0.39, 0.29) is 41.6 Å². The van der Waals surface area contributed by atoms with Crippen LogP contribution >= 0.6 is 24.0 Å². The highest BCUT2D eigenvalue weighted by atomic mass is 127. The van der Waals surface area contributed by atoms with E-state index in [1.165, 1.54) is 11.6 Å². The van der Waals surface area contributed by atoms with Gasteiger partial charge in [-0.3, -0.25) is 0 Å². The van der Waals surface area contributed by atoms with E-state index in [0.717, 1.165) is 25.3 Å². The average Bonchev–Trinajstić information content (AvgIpc) is 3.23. The van der Waals surface area contributed by atoms with Gasteiger partial charge in [0.05, 0.1) is 6.54 Å². The lowest BCUT2D eigenvalue weighted by Gasteiger charge is -2.20. The summed E-state index contributed by atoms with van der Waals surface area (Å²) in [5, 5.41) is 6.54. The SMILES string of the molecule is CCNC(=NCc1nccn1Cc1ccccc1)NCC(CC)Oc1ccccc1F.I. The van der Waals surface area contributed by atoms with Crippen LogP contribution < -0.4 is 15.4 Å². The normalized spacial score (nSPS) is 12.0. The van der Waals surface area contributed by atoms with E-state index in [1.54, 1.807) is 24.4 Å². The maximum Gasteiger partial charge on any atom is 0.191 e. The molecule has 3 aromatic rings. The second-order valence-electron chi connectivity index (χ2n) is 7.11. The predicted molar refractivity (Wildman–Crippen MR) is 137 cm³/mol. The minimum atomic E-state index is -0.355. The average molecular weight is 551 g/mol. The van der Waals surface area contributed by atoms with Crippen molar-refractivity contribution < 1.29 is 9.13 Å². The van der Waals surface area contributed by atoms with Crippen molar-refractivity contribution in [1.82, 2.24) is 20.2 Å². The molecule has 2 aromatic carbocycles. The van der Waals surface area contributed by atoms with Crippen LogP contribution in [0.15, 0.2) is 72.0 Å². The van der Waals surface area contributed by atoms with Crippen molar-refractivity contribution in [3.63, 3.8) is 0 Å². The van der Waals surface area contributed by atoms with Crippen molar-refractivity contribution in [3.05, 3.63) is 84.2 Å². The summed E-state index contributed by atoms with van der Waals surface area (Å²) in [4.78, 5) is 9.13. The highest BCUT2D eigenvalue weighted by molar-refractivity contribution is 14.0. The van der Waals surface area contributed by atoms with Gasteiger partial charge in [0.1, 0.15) is 18.5 Å². The summed E-state index contributed by atoms with van der Waals surface area (Å²) in [5.74, 6) is 1.47. The smallest absolute Gasteiger partial charge is 0.191 e. The number of guanidine groups is 1. The van der Waals surface area contributed by atoms with E-state index in [1.807, 2.05) is 38.2 Å². The minimum absolute atomic E-state index is 0. The summed E-state index contributed by atoms with van der Waals surface area (Å²) < 4.78 is 21.8. The summed E-state index contributed by atoms with van der Waals surface area (Å²) in [6, 6.07) is 16.7. The molecule has 1 atom stereocenters. The highest BCUT2D eigenvalue weighted by Crippen LogP contribution is 2.17. The fourth-order valence-corrected chi connectivity index (χ4v) is 3.11. The van der Waals surface area contributed by atoms with Crippen LogP contribution in [-0.4, -0.2) is 34.7 Å². The molecule has 0 saturated carbocycles. The predicted octanol–water partition coefficient (Wildman–Crippen LogP) is 4.60. The monoisotopic (exact) mass is 551 g/mol. The molecule has 0 aliphatic rings. The van der Waals surface area contributed by atoms with Gasteiger partial charge in [-0.1, -0.05) is 49.4 Å². The van der Waals surface area contributed by atoms with E-state index in [4.69, 9.17) is 4.74 Å². The lowest BCUT2D eigenvalue weighted by molar-refractivity contribution is 0.191. The van der Waals surface area contributed by atoms with Gasteiger partial charge >= 0.3 is 0 Å². The lowest BCUT2D eigenvalue weighted by Crippen LogP contribution is -2.42. The fraction of sp³-hybridized carbons (Fsp3) is 0.333. The molecule has 172 valence electrons. The summed E-state index contributed by atoms with van der Waals surface area (Å²) >= 11 is 0. The molecule has 0 aliphatic carbocycles. The number of nitrogens with one attached hydrogen (secondary N) is 2. The number of aliphatic imine (C=N–C) groups is 1. The number of aromatic nitrogens is 2. The first kappa shape index (κ1) is 25.6. The summed E-state index contributed by atoms with van der Waals surface area (Å²) in [7, 11) is 0. The van der Waals surface area contributed by atoms with Gasteiger partial charge in [-0.2, -0.15) is 0 Å². The first-order valence-electron chi connectivity index (χ1n) is 10.7. The Kier molecular flexibility index (Phi) is 11.0. The first-order chi connectivity index (χ1) is 15.2. The second-order valence-corrected chi connectivity index (χ2v) is 7.11. The number of imidazole rings is 1. The summed E-state index contributed by atoms with van der Waals surface area (Å²) in [6.45, 7) is 6.47. The maximum atomic E-state index is 13.9. The Hall–Kier alpha value is -2.62. The molecule has 0 radical (unpaired) electrons. The third kappa shape index (κ3) is 7.81. The summed E-state index contributed by atoms with van der Waals surface area (Å²) in [6.07, 6.45) is 4.32. The number of ether oxygens (including phenoxy) is 1. The first-order valence-corrected chi connectivity index (χ1v) is 10.7. The number of hydrogen-bond acceptors (Lipinski definition) is 3. The van der Waals surface area contributed by atoms with E-state index < -0.39 is 0 Å². The number of para-hydroxylation sites is 1. The molecule has 6 nitrogen and oxygen atoms in total. The third-order valence-corrected chi connectivity index (χ3v) is 4.80. The molecule has 0 aliphatic heterocycles. The Morgan fingerprint density at radius 1 is 1.09 bits per heavy atom. The number of rotatable bonds is 10. The molecule has 0 spiro atoms. The Labute approximate surface area is 206 Å². The molecule has 1 unspecified atom stereocenters. The van der Waals surface area contributed by atoms with Crippen molar-refractivity contribution in [1.29, 1.82) is 0 Å². The van der Waals surface area contributed by atoms with Crippen LogP contribution in [0.5, 0.6) is 5.75 Å². The fourth-order valence-electron chi connectivity index (χ4n) is 3.11. The van der Waals surface area contributed by atoms with Crippen molar-refractivity contribution in [2.75, 3.05) is 13.1 Å². The second kappa shape index (κ2) is 13.7. The molecule has 1 aromatic heterocycles. The molecule has 3 rings (SSSR count). The number of hydrogen-bond donors (Lipinski definition) is 2. The van der Waals surface area contributed by atoms with Crippen LogP contribution in [0.3, 0.4) is 0 Å². The van der Waals surface area contributed by atoms with Gasteiger partial charge < -0.3 is 19.9 Å². The zero-order valence-corrected chi connectivity index (χ0v) is 20.8. The zero-order chi connectivity index (χ0) is 21.9. The molecular formula is C24H31FIN5O. The van der Waals surface area contributed by atoms with Gasteiger partial charge in [0.15, 0.2) is 17.5 Å². The largest absolute Gasteiger partial charge is 0.486 e. The van der Waals surface area contributed by atoms with Crippen molar-refractivity contribution in [2.45, 2.75) is 39.5 Å². The summed E-state index contributed by atoms with van der Waals surface area (Å²) in [5.41, 5.74) is 1.21. The van der Waals surface area contributed by atoms with Crippen LogP contribution in [0.25, 0.3) is 0 Å². The maximum absolute atomic E-state index is 13.9. The molecule has 1 heterocycles. The third-order valence-electron chi connectivity index (χ3n) is 4.80. The van der Waals surface area contributed by atoms with Gasteiger partial charge in [-0.15, -0.1) is 24.0 Å². The Morgan fingerprint density at radius 2 is 1.84 bits per heavy atom. The topological polar surface area (TPSA) is 63.5 Å². The number of nitrogens with zero attached hydrogens (tertiary/aromatic N) is 3. The molecule has 32 heavy (non-hydrogen) atoms. The van der Waals surface area contributed by atoms with Gasteiger partial charge in [0.25, 0.3) is 0 Å². The van der Waals surface area contributed by atoms with Gasteiger partial charge in [-0.25, -0.2) is 14.4 Å². The molecule has 0 bridgehead atoms. The Morgan fingerprint density at radius 3 is 2.56 bits per heavy atom. The number of benzene rings is 2. The lowest BCUT2D eigenvalue weighted by atomic mass is 10.2. The van der Waals surface area contributed by atoms with Gasteiger partial charge in [0.2, 0.25) is 0 Å². The van der Waals surface area contributed by atoms with Gasteiger partial charge in [-0.05, 0) is 31.0 Å². The highest BCUT2D eigenvalue weighted by Gasteiger charge is 2.12. The molecule has 0 amide bonds. The standard InChI is InChI=1S/C24H30FN5O.HI/c1-3-20(31-22-13-9-8-12-21(22)25)16-28-24(26-4-2)29-17-23-27-14-15-30(23)18-19-10-6-5-7-11-19;/h5-15,20H,3-4,16-18H2,1-2H3,(H2,26,28,29);1H. The van der Waals surface area contributed by atoms with E-state index in [2.05, 4.69) is 37.3 Å². The number of halogens is 2. The van der Waals surface area contributed by atoms with Crippen LogP contribution in [-0.2, 0) is 13.1 Å². The molecule has 2 N–H and O–H groups in total. The Balaban J connectivity index is 0.00000363. The Bertz CT molecular complexity index is 964. The van der Waals surface area contributed by atoms with Gasteiger partial charge in [0, 0.05) is 25.5 Å². The van der Waals surface area contributed by atoms with E-state index in [0.29, 0.717) is 19.0 Å². The van der Waals surface area contributed by atoms with Crippen LogP contribution in [0.4, 0.5) is 4.39 Å². The van der Waals surface area contributed by atoms with Crippen molar-refractivity contribution in [2.24, 2.45) is 4.99 Å². The molecule has 8 heteroatoms. The molecule has 0 saturated heterocycles. The quantitative estimate of drug-likeness (QED) is 0.220. The molecular weight excluding hydrogens is 520 g/mol. The van der Waals surface area contributed by atoms with Crippen LogP contribution in [0, 0.1) is 5.82 Å². The van der Waals surface area contributed by atoms with Crippen molar-refractivity contribution >= 4 is 29.9 Å². The minimum Gasteiger partial charge on any atom is -0.486 e. The van der Waals surface area contributed by atoms with E-state index in [9.17, 15) is 4.39 Å². The van der Waals surface area contributed by atoms with E-state index >= 15 is 0 Å². The zero-order valence-electron chi connectivity index (χ0n) is 18.5. The van der Waals surface area contributed by atoms with Crippen LogP contribution in [0.1, 0.15) is 31.7 Å². The molecule has 0 fully saturated rings. The van der Waals surface area contributed by atoms with Crippen LogP contribution in [0.2, 0.25) is 0 Å². The van der Waals surface area contributed by atoms with Crippen molar-refractivity contribution in [3.8, 4) is 5.75 Å².